The Labute approximate surface area is 151 Å². The van der Waals surface area contributed by atoms with Crippen LogP contribution in [-0.2, 0) is 23.9 Å². The second-order valence-corrected chi connectivity index (χ2v) is 7.26. The monoisotopic (exact) mass is 354 g/mol. The summed E-state index contributed by atoms with van der Waals surface area (Å²) in [5.74, 6) is -0.704. The number of unbranched alkanes of at least 4 members (excludes halogenated alkanes) is 10. The van der Waals surface area contributed by atoms with Crippen LogP contribution >= 0.6 is 0 Å². The van der Waals surface area contributed by atoms with Crippen LogP contribution in [0.2, 0.25) is 0 Å². The zero-order valence-electron chi connectivity index (χ0n) is 15.7. The van der Waals surface area contributed by atoms with E-state index in [1.807, 2.05) is 0 Å². The lowest BCUT2D eigenvalue weighted by molar-refractivity contribution is -0.148. The fourth-order valence-corrected chi connectivity index (χ4v) is 3.05. The van der Waals surface area contributed by atoms with E-state index in [9.17, 15) is 14.4 Å². The molecule has 5 heteroatoms. The Morgan fingerprint density at radius 2 is 1.60 bits per heavy atom. The van der Waals surface area contributed by atoms with Crippen molar-refractivity contribution in [1.29, 1.82) is 0 Å². The average Bonchev–Trinajstić information content (AvgIpc) is 2.99. The first-order chi connectivity index (χ1) is 12.1. The van der Waals surface area contributed by atoms with Crippen LogP contribution in [-0.4, -0.2) is 31.4 Å². The molecule has 0 aromatic heterocycles. The molecule has 0 radical (unpaired) electrons. The quantitative estimate of drug-likeness (QED) is 0.248. The van der Waals surface area contributed by atoms with E-state index in [0.717, 1.165) is 19.3 Å². The lowest BCUT2D eigenvalue weighted by Crippen LogP contribution is -2.30. The summed E-state index contributed by atoms with van der Waals surface area (Å²) in [6.45, 7) is 2.19. The van der Waals surface area contributed by atoms with Crippen LogP contribution in [0, 0.1) is 5.41 Å². The first kappa shape index (κ1) is 21.7. The highest BCUT2D eigenvalue weighted by Crippen LogP contribution is 2.27. The van der Waals surface area contributed by atoms with Crippen molar-refractivity contribution in [2.75, 3.05) is 13.2 Å². The van der Waals surface area contributed by atoms with Gasteiger partial charge in [0.15, 0.2) is 0 Å². The maximum atomic E-state index is 11.7. The first-order valence-electron chi connectivity index (χ1n) is 9.89. The van der Waals surface area contributed by atoms with Crippen molar-refractivity contribution in [2.45, 2.75) is 90.4 Å². The Balaban J connectivity index is 1.93. The van der Waals surface area contributed by atoms with E-state index >= 15 is 0 Å². The number of hydrogen-bond acceptors (Lipinski definition) is 5. The van der Waals surface area contributed by atoms with Crippen molar-refractivity contribution in [3.05, 3.63) is 0 Å². The maximum absolute atomic E-state index is 11.7. The van der Waals surface area contributed by atoms with Crippen molar-refractivity contribution in [3.63, 3.8) is 0 Å². The van der Waals surface area contributed by atoms with E-state index in [0.29, 0.717) is 12.7 Å². The number of aldehydes is 1. The molecule has 0 N–H and O–H groups in total. The van der Waals surface area contributed by atoms with Gasteiger partial charge >= 0.3 is 11.9 Å². The van der Waals surface area contributed by atoms with Crippen molar-refractivity contribution in [1.82, 2.24) is 0 Å². The standard InChI is InChI=1S/C20H34O5/c1-2-3-4-5-6-7-8-9-10-11-12-13-18(22)24-16-20(15-21)14-19(23)25-17-20/h15H,2-14,16-17H2,1H3/t20-/m1/s1. The molecular formula is C20H34O5. The largest absolute Gasteiger partial charge is 0.464 e. The van der Waals surface area contributed by atoms with E-state index in [2.05, 4.69) is 6.92 Å². The number of esters is 2. The highest BCUT2D eigenvalue weighted by Gasteiger charge is 2.41. The molecule has 0 aromatic rings. The van der Waals surface area contributed by atoms with Crippen LogP contribution in [0.25, 0.3) is 0 Å². The van der Waals surface area contributed by atoms with E-state index in [4.69, 9.17) is 9.47 Å². The number of ether oxygens (including phenoxy) is 2. The van der Waals surface area contributed by atoms with Gasteiger partial charge in [-0.05, 0) is 6.42 Å². The molecule has 0 aromatic carbocycles. The molecule has 25 heavy (non-hydrogen) atoms. The second kappa shape index (κ2) is 12.9. The molecule has 1 aliphatic rings. The Morgan fingerprint density at radius 1 is 1.04 bits per heavy atom. The first-order valence-corrected chi connectivity index (χ1v) is 9.89. The van der Waals surface area contributed by atoms with Gasteiger partial charge in [-0.2, -0.15) is 0 Å². The molecule has 0 bridgehead atoms. The van der Waals surface area contributed by atoms with Crippen LogP contribution in [0.5, 0.6) is 0 Å². The molecule has 1 rings (SSSR count). The average molecular weight is 354 g/mol. The molecule has 1 aliphatic heterocycles. The van der Waals surface area contributed by atoms with Gasteiger partial charge in [-0.1, -0.05) is 71.1 Å². The molecule has 1 saturated heterocycles. The second-order valence-electron chi connectivity index (χ2n) is 7.26. The predicted octanol–water partition coefficient (Wildman–Crippen LogP) is 4.36. The van der Waals surface area contributed by atoms with Gasteiger partial charge in [-0.25, -0.2) is 0 Å². The van der Waals surface area contributed by atoms with Gasteiger partial charge in [-0.3, -0.25) is 9.59 Å². The van der Waals surface area contributed by atoms with Gasteiger partial charge in [0.25, 0.3) is 0 Å². The van der Waals surface area contributed by atoms with E-state index in [1.54, 1.807) is 0 Å². The third-order valence-electron chi connectivity index (χ3n) is 4.77. The third kappa shape index (κ3) is 9.61. The minimum atomic E-state index is -0.968. The van der Waals surface area contributed by atoms with Crippen LogP contribution in [0.1, 0.15) is 90.4 Å². The lowest BCUT2D eigenvalue weighted by Gasteiger charge is -2.17. The Kier molecular flexibility index (Phi) is 11.2. The van der Waals surface area contributed by atoms with Gasteiger partial charge in [0, 0.05) is 6.42 Å². The summed E-state index contributed by atoms with van der Waals surface area (Å²) in [4.78, 5) is 34.0. The van der Waals surface area contributed by atoms with Gasteiger partial charge in [0.05, 0.1) is 6.42 Å². The summed E-state index contributed by atoms with van der Waals surface area (Å²) >= 11 is 0. The SMILES string of the molecule is CCCCCCCCCCCCCC(=O)OC[C@@]1(C=O)COC(=O)C1. The molecule has 144 valence electrons. The van der Waals surface area contributed by atoms with Crippen molar-refractivity contribution in [2.24, 2.45) is 5.41 Å². The topological polar surface area (TPSA) is 69.7 Å². The van der Waals surface area contributed by atoms with Crippen molar-refractivity contribution >= 4 is 18.2 Å². The van der Waals surface area contributed by atoms with Crippen LogP contribution < -0.4 is 0 Å². The summed E-state index contributed by atoms with van der Waals surface area (Å²) in [6, 6.07) is 0. The number of cyclic esters (lactones) is 1. The number of carbonyl (C=O) groups excluding carboxylic acids is 3. The predicted molar refractivity (Wildman–Crippen MR) is 96.1 cm³/mol. The normalized spacial score (nSPS) is 19.6. The summed E-state index contributed by atoms with van der Waals surface area (Å²) in [7, 11) is 0. The van der Waals surface area contributed by atoms with Crippen molar-refractivity contribution < 1.29 is 23.9 Å². The van der Waals surface area contributed by atoms with Gasteiger partial charge < -0.3 is 14.3 Å². The molecule has 1 heterocycles. The minimum absolute atomic E-state index is 0.00221. The van der Waals surface area contributed by atoms with E-state index < -0.39 is 11.4 Å². The van der Waals surface area contributed by atoms with Crippen LogP contribution in [0.4, 0.5) is 0 Å². The Hall–Kier alpha value is -1.39. The molecule has 1 fully saturated rings. The van der Waals surface area contributed by atoms with Crippen LogP contribution in [0.3, 0.4) is 0 Å². The van der Waals surface area contributed by atoms with Gasteiger partial charge in [0.2, 0.25) is 0 Å². The molecule has 0 spiro atoms. The van der Waals surface area contributed by atoms with Crippen molar-refractivity contribution in [3.8, 4) is 0 Å². The van der Waals surface area contributed by atoms with Gasteiger partial charge in [-0.15, -0.1) is 0 Å². The zero-order valence-corrected chi connectivity index (χ0v) is 15.7. The minimum Gasteiger partial charge on any atom is -0.464 e. The summed E-state index contributed by atoms with van der Waals surface area (Å²) in [6.07, 6.45) is 14.6. The summed E-state index contributed by atoms with van der Waals surface area (Å²) < 4.78 is 9.96. The highest BCUT2D eigenvalue weighted by atomic mass is 16.6. The van der Waals surface area contributed by atoms with E-state index in [1.165, 1.54) is 51.4 Å². The smallest absolute Gasteiger partial charge is 0.307 e. The number of carbonyl (C=O) groups is 3. The van der Waals surface area contributed by atoms with E-state index in [-0.39, 0.29) is 25.6 Å². The Bertz CT molecular complexity index is 407. The third-order valence-corrected chi connectivity index (χ3v) is 4.77. The molecular weight excluding hydrogens is 320 g/mol. The Morgan fingerprint density at radius 3 is 2.08 bits per heavy atom. The number of hydrogen-bond donors (Lipinski definition) is 0. The maximum Gasteiger partial charge on any atom is 0.307 e. The fourth-order valence-electron chi connectivity index (χ4n) is 3.05. The molecule has 0 amide bonds. The fraction of sp³-hybridized carbons (Fsp3) is 0.850. The molecule has 5 nitrogen and oxygen atoms in total. The lowest BCUT2D eigenvalue weighted by atomic mass is 9.90. The molecule has 0 aliphatic carbocycles. The summed E-state index contributed by atoms with van der Waals surface area (Å²) in [5, 5.41) is 0. The van der Waals surface area contributed by atoms with Gasteiger partial charge in [0.1, 0.15) is 24.9 Å². The summed E-state index contributed by atoms with van der Waals surface area (Å²) in [5.41, 5.74) is -0.968. The number of rotatable bonds is 15. The zero-order chi connectivity index (χ0) is 18.4. The van der Waals surface area contributed by atoms with Crippen LogP contribution in [0.15, 0.2) is 0 Å². The highest BCUT2D eigenvalue weighted by molar-refractivity contribution is 5.80. The molecule has 0 unspecified atom stereocenters. The molecule has 0 saturated carbocycles. The molecule has 1 atom stereocenters.